The van der Waals surface area contributed by atoms with Crippen LogP contribution in [0.3, 0.4) is 0 Å². The van der Waals surface area contributed by atoms with Crippen LogP contribution in [-0.4, -0.2) is 83.1 Å². The quantitative estimate of drug-likeness (QED) is 0.148. The largest absolute Gasteiger partial charge is 0.496 e. The lowest BCUT2D eigenvalue weighted by Crippen LogP contribution is -2.58. The molecule has 3 N–H and O–H groups in total. The number of thiazole rings is 1. The molecule has 0 bridgehead atoms. The van der Waals surface area contributed by atoms with Gasteiger partial charge >= 0.3 is 0 Å². The zero-order valence-corrected chi connectivity index (χ0v) is 36.7. The Morgan fingerprint density at radius 3 is 2.43 bits per heavy atom. The molecule has 3 amide bonds. The Kier molecular flexibility index (Phi) is 11.6. The summed E-state index contributed by atoms with van der Waals surface area (Å²) in [6.07, 6.45) is 6.57. The van der Waals surface area contributed by atoms with Crippen LogP contribution in [0.25, 0.3) is 21.6 Å². The summed E-state index contributed by atoms with van der Waals surface area (Å²) in [5.41, 5.74) is 2.55. The van der Waals surface area contributed by atoms with Crippen LogP contribution in [0.2, 0.25) is 0 Å². The Morgan fingerprint density at radius 1 is 1.00 bits per heavy atom. The van der Waals surface area contributed by atoms with Gasteiger partial charge in [-0.05, 0) is 82.1 Å². The van der Waals surface area contributed by atoms with E-state index in [1.54, 1.807) is 18.9 Å². The third-order valence-electron chi connectivity index (χ3n) is 13.0. The Balaban J connectivity index is 1.14. The van der Waals surface area contributed by atoms with Crippen LogP contribution in [-0.2, 0) is 24.4 Å². The van der Waals surface area contributed by atoms with Crippen LogP contribution >= 0.6 is 11.3 Å². The number of rotatable bonds is 10. The van der Waals surface area contributed by atoms with Gasteiger partial charge in [0.2, 0.25) is 21.8 Å². The van der Waals surface area contributed by atoms with E-state index in [4.69, 9.17) is 19.4 Å². The highest BCUT2D eigenvalue weighted by Gasteiger charge is 2.63. The van der Waals surface area contributed by atoms with Crippen molar-refractivity contribution in [2.75, 3.05) is 19.0 Å². The van der Waals surface area contributed by atoms with Crippen molar-refractivity contribution in [3.8, 4) is 22.2 Å². The molecule has 2 aliphatic carbocycles. The normalized spacial score (nSPS) is 25.7. The number of pyridine rings is 1. The van der Waals surface area contributed by atoms with Gasteiger partial charge in [-0.3, -0.25) is 19.1 Å². The second kappa shape index (κ2) is 16.6. The van der Waals surface area contributed by atoms with Crippen molar-refractivity contribution in [3.63, 3.8) is 0 Å². The SMILES string of the molecule is COc1ccc2c(O[C@@H]3C[C@H]4C(=O)N[C@]5(C(=O)NS(=O)(=O)C6(C)CC6)C[C@@H]5CCCCCCC[C@H](Nc5ccccc5)C(=O)N4C3)cc(-c3nc(C(C)C)cs3)nc2c1C. The second-order valence-electron chi connectivity index (χ2n) is 17.7. The van der Waals surface area contributed by atoms with Crippen molar-refractivity contribution in [2.45, 2.75) is 133 Å². The first-order valence-electron chi connectivity index (χ1n) is 21.3. The fraction of sp³-hybridized carbons (Fsp3) is 0.533. The minimum atomic E-state index is -3.95. The van der Waals surface area contributed by atoms with Crippen LogP contribution in [0.5, 0.6) is 11.5 Å². The molecule has 5 atom stereocenters. The molecule has 60 heavy (non-hydrogen) atoms. The minimum absolute atomic E-state index is 0.113. The van der Waals surface area contributed by atoms with E-state index in [0.29, 0.717) is 54.8 Å². The fourth-order valence-corrected chi connectivity index (χ4v) is 11.0. The van der Waals surface area contributed by atoms with E-state index in [-0.39, 0.29) is 30.7 Å². The van der Waals surface area contributed by atoms with E-state index in [2.05, 4.69) is 29.2 Å². The van der Waals surface area contributed by atoms with Gasteiger partial charge in [0.25, 0.3) is 5.91 Å². The molecule has 0 spiro atoms. The van der Waals surface area contributed by atoms with Gasteiger partial charge in [-0.25, -0.2) is 18.4 Å². The first kappa shape index (κ1) is 42.0. The molecule has 15 heteroatoms. The Bertz CT molecular complexity index is 2380. The monoisotopic (exact) mass is 856 g/mol. The summed E-state index contributed by atoms with van der Waals surface area (Å²) in [6.45, 7) is 7.89. The van der Waals surface area contributed by atoms with E-state index in [9.17, 15) is 22.8 Å². The average Bonchev–Trinajstić information content (AvgIpc) is 4.00. The Labute approximate surface area is 356 Å². The Hall–Kier alpha value is -4.76. The fourth-order valence-electron chi connectivity index (χ4n) is 8.74. The summed E-state index contributed by atoms with van der Waals surface area (Å²) in [5, 5.41) is 10.0. The average molecular weight is 857 g/mol. The zero-order chi connectivity index (χ0) is 42.4. The number of nitrogens with one attached hydrogen (secondary N) is 3. The summed E-state index contributed by atoms with van der Waals surface area (Å²) in [6, 6.07) is 13.6. The van der Waals surface area contributed by atoms with Crippen LogP contribution in [0.1, 0.15) is 109 Å². The summed E-state index contributed by atoms with van der Waals surface area (Å²) >= 11 is 1.51. The van der Waals surface area contributed by atoms with E-state index >= 15 is 0 Å². The number of methoxy groups -OCH3 is 1. The maximum Gasteiger partial charge on any atom is 0.259 e. The number of carbonyl (C=O) groups is 3. The molecule has 2 aliphatic heterocycles. The van der Waals surface area contributed by atoms with Crippen molar-refractivity contribution < 1.29 is 32.3 Å². The molecule has 320 valence electrons. The number of nitrogens with zero attached hydrogens (tertiary/aromatic N) is 3. The molecule has 4 heterocycles. The highest BCUT2D eigenvalue weighted by molar-refractivity contribution is 7.91. The molecule has 4 fully saturated rings. The van der Waals surface area contributed by atoms with Gasteiger partial charge in [0.05, 0.1) is 29.6 Å². The molecule has 4 aliphatic rings. The first-order chi connectivity index (χ1) is 28.7. The molecular formula is C45H56N6O7S2. The number of ether oxygens (including phenoxy) is 2. The van der Waals surface area contributed by atoms with E-state index in [1.165, 1.54) is 11.3 Å². The molecule has 2 saturated heterocycles. The van der Waals surface area contributed by atoms with Gasteiger partial charge in [0, 0.05) is 34.5 Å². The van der Waals surface area contributed by atoms with Crippen LogP contribution in [0.15, 0.2) is 53.9 Å². The second-order valence-corrected chi connectivity index (χ2v) is 20.7. The molecule has 13 nitrogen and oxygen atoms in total. The molecule has 2 aromatic heterocycles. The highest BCUT2D eigenvalue weighted by atomic mass is 32.2. The summed E-state index contributed by atoms with van der Waals surface area (Å²) in [4.78, 5) is 55.2. The van der Waals surface area contributed by atoms with E-state index < -0.39 is 50.3 Å². The summed E-state index contributed by atoms with van der Waals surface area (Å²) < 4.78 is 40.5. The number of aryl methyl sites for hydroxylation is 1. The van der Waals surface area contributed by atoms with E-state index in [0.717, 1.165) is 59.4 Å². The number of sulfonamides is 1. The highest BCUT2D eigenvalue weighted by Crippen LogP contribution is 2.49. The molecule has 8 rings (SSSR count). The van der Waals surface area contributed by atoms with Crippen molar-refractivity contribution >= 4 is 55.7 Å². The van der Waals surface area contributed by atoms with Crippen LogP contribution in [0.4, 0.5) is 5.69 Å². The van der Waals surface area contributed by atoms with Crippen molar-refractivity contribution in [1.29, 1.82) is 0 Å². The molecule has 0 unspecified atom stereocenters. The predicted octanol–water partition coefficient (Wildman–Crippen LogP) is 7.25. The third-order valence-corrected chi connectivity index (χ3v) is 16.0. The smallest absolute Gasteiger partial charge is 0.259 e. The number of benzene rings is 2. The van der Waals surface area contributed by atoms with Gasteiger partial charge in [-0.15, -0.1) is 11.3 Å². The van der Waals surface area contributed by atoms with Gasteiger partial charge < -0.3 is 25.0 Å². The maximum atomic E-state index is 14.9. The number of fused-ring (bicyclic) bond motifs is 3. The number of hydrogen-bond acceptors (Lipinski definition) is 11. The Morgan fingerprint density at radius 2 is 1.73 bits per heavy atom. The molecular weight excluding hydrogens is 801 g/mol. The topological polar surface area (TPSA) is 169 Å². The zero-order valence-electron chi connectivity index (χ0n) is 35.1. The third kappa shape index (κ3) is 8.31. The van der Waals surface area contributed by atoms with Crippen molar-refractivity contribution in [3.05, 3.63) is 65.2 Å². The number of aromatic nitrogens is 2. The molecule has 2 saturated carbocycles. The molecule has 0 radical (unpaired) electrons. The van der Waals surface area contributed by atoms with Gasteiger partial charge in [0.1, 0.15) is 45.9 Å². The lowest BCUT2D eigenvalue weighted by atomic mass is 10.0. The number of para-hydroxylation sites is 1. The van der Waals surface area contributed by atoms with E-state index in [1.807, 2.05) is 60.8 Å². The van der Waals surface area contributed by atoms with Crippen molar-refractivity contribution in [1.82, 2.24) is 24.9 Å². The summed E-state index contributed by atoms with van der Waals surface area (Å²) in [5.74, 6) is -0.193. The molecule has 4 aromatic rings. The lowest BCUT2D eigenvalue weighted by Gasteiger charge is -2.30. The maximum absolute atomic E-state index is 14.9. The van der Waals surface area contributed by atoms with Crippen LogP contribution < -0.4 is 24.8 Å². The number of hydrogen-bond donors (Lipinski definition) is 3. The number of amides is 3. The molecule has 2 aromatic carbocycles. The predicted molar refractivity (Wildman–Crippen MR) is 233 cm³/mol. The number of anilines is 1. The lowest BCUT2D eigenvalue weighted by molar-refractivity contribution is -0.140. The standard InChI is InChI=1S/C45H56N6O7S2/c1-27(2)35-26-59-41(48-35)34-23-38(32-18-19-37(57-5)28(3)39(32)47-34)58-31-22-36-40(52)49-45(43(54)50-60(55,56)44(4)20-21-44)24-29(45)14-10-7-6-8-13-17-33(42(53)51(36)25-31)46-30-15-11-9-12-16-30/h9,11-12,15-16,18-19,23,26-27,29,31,33,36,46H,6-8,10,13-14,17,20-22,24-25H2,1-5H3,(H,49,52)(H,50,54)/t29-,31+,33-,36-,45+/m0/s1. The first-order valence-corrected chi connectivity index (χ1v) is 23.7. The number of carbonyl (C=O) groups excluding carboxylic acids is 3. The van der Waals surface area contributed by atoms with Gasteiger partial charge in [-0.1, -0.05) is 64.2 Å². The van der Waals surface area contributed by atoms with Crippen molar-refractivity contribution in [2.24, 2.45) is 5.92 Å². The van der Waals surface area contributed by atoms with Gasteiger partial charge in [-0.2, -0.15) is 0 Å². The van der Waals surface area contributed by atoms with Gasteiger partial charge in [0.15, 0.2) is 0 Å². The minimum Gasteiger partial charge on any atom is -0.496 e. The summed E-state index contributed by atoms with van der Waals surface area (Å²) in [7, 11) is -2.33. The van der Waals surface area contributed by atoms with Crippen LogP contribution in [0, 0.1) is 12.8 Å².